The number of hydrogen-bond acceptors (Lipinski definition) is 3. The van der Waals surface area contributed by atoms with Crippen LogP contribution in [0.4, 0.5) is 0 Å². The van der Waals surface area contributed by atoms with Crippen molar-refractivity contribution in [1.82, 2.24) is 15.4 Å². The van der Waals surface area contributed by atoms with Gasteiger partial charge < -0.3 is 10.6 Å². The quantitative estimate of drug-likeness (QED) is 0.215. The summed E-state index contributed by atoms with van der Waals surface area (Å²) in [6.45, 7) is 5.86. The summed E-state index contributed by atoms with van der Waals surface area (Å²) in [5, 5.41) is 6.38. The average Bonchev–Trinajstić information content (AvgIpc) is 2.40. The molecule has 0 aromatic heterocycles. The molecule has 3 N–H and O–H groups in total. The SMILES string of the molecule is CCCCCNC(=NC)NCCCNS(=O)(=O)CC.I. The molecule has 0 amide bonds. The molecule has 0 radical (unpaired) electrons. The summed E-state index contributed by atoms with van der Waals surface area (Å²) < 4.78 is 24.9. The standard InChI is InChI=1S/C12H28N4O2S.HI/c1-4-6-7-9-14-12(13-3)15-10-8-11-16-19(17,18)5-2;/h16H,4-11H2,1-3H3,(H2,13,14,15);1H. The highest BCUT2D eigenvalue weighted by atomic mass is 127. The van der Waals surface area contributed by atoms with E-state index in [1.54, 1.807) is 14.0 Å². The van der Waals surface area contributed by atoms with Crippen molar-refractivity contribution in [2.24, 2.45) is 4.99 Å². The van der Waals surface area contributed by atoms with Gasteiger partial charge in [0.2, 0.25) is 10.0 Å². The van der Waals surface area contributed by atoms with Crippen LogP contribution in [0.15, 0.2) is 4.99 Å². The number of nitrogens with one attached hydrogen (secondary N) is 3. The number of halogens is 1. The van der Waals surface area contributed by atoms with Crippen LogP contribution in [-0.4, -0.2) is 46.8 Å². The average molecular weight is 420 g/mol. The second-order valence-electron chi connectivity index (χ2n) is 4.28. The summed E-state index contributed by atoms with van der Waals surface area (Å²) >= 11 is 0. The Kier molecular flexibility index (Phi) is 15.4. The van der Waals surface area contributed by atoms with E-state index in [9.17, 15) is 8.42 Å². The number of rotatable bonds is 10. The molecule has 122 valence electrons. The number of guanidine groups is 1. The van der Waals surface area contributed by atoms with E-state index in [4.69, 9.17) is 0 Å². The van der Waals surface area contributed by atoms with Crippen LogP contribution < -0.4 is 15.4 Å². The molecule has 0 fully saturated rings. The van der Waals surface area contributed by atoms with Gasteiger partial charge in [-0.25, -0.2) is 13.1 Å². The number of nitrogens with zero attached hydrogens (tertiary/aromatic N) is 1. The molecule has 0 rings (SSSR count). The molecule has 0 saturated heterocycles. The lowest BCUT2D eigenvalue weighted by Gasteiger charge is -2.11. The highest BCUT2D eigenvalue weighted by Gasteiger charge is 2.04. The maximum atomic E-state index is 11.2. The van der Waals surface area contributed by atoms with E-state index in [0.717, 1.165) is 25.3 Å². The first-order valence-corrected chi connectivity index (χ1v) is 8.62. The summed E-state index contributed by atoms with van der Waals surface area (Å²) in [7, 11) is -1.34. The van der Waals surface area contributed by atoms with Gasteiger partial charge in [-0.05, 0) is 19.8 Å². The smallest absolute Gasteiger partial charge is 0.211 e. The zero-order valence-corrected chi connectivity index (χ0v) is 15.9. The van der Waals surface area contributed by atoms with Crippen LogP contribution in [0.5, 0.6) is 0 Å². The second-order valence-corrected chi connectivity index (χ2v) is 6.38. The molecule has 0 heterocycles. The topological polar surface area (TPSA) is 82.6 Å². The predicted molar refractivity (Wildman–Crippen MR) is 96.4 cm³/mol. The fraction of sp³-hybridized carbons (Fsp3) is 0.917. The van der Waals surface area contributed by atoms with Gasteiger partial charge in [0.05, 0.1) is 5.75 Å². The number of hydrogen-bond donors (Lipinski definition) is 3. The van der Waals surface area contributed by atoms with Crippen LogP contribution in [0.2, 0.25) is 0 Å². The molecule has 0 bridgehead atoms. The van der Waals surface area contributed by atoms with Crippen LogP contribution in [0, 0.1) is 0 Å². The van der Waals surface area contributed by atoms with E-state index >= 15 is 0 Å². The largest absolute Gasteiger partial charge is 0.356 e. The Hall–Kier alpha value is -0.0900. The van der Waals surface area contributed by atoms with Gasteiger partial charge in [0, 0.05) is 26.7 Å². The normalized spacial score (nSPS) is 11.8. The monoisotopic (exact) mass is 420 g/mol. The molecule has 0 aliphatic carbocycles. The molecule has 6 nitrogen and oxygen atoms in total. The Morgan fingerprint density at radius 3 is 2.10 bits per heavy atom. The van der Waals surface area contributed by atoms with E-state index < -0.39 is 10.0 Å². The molecule has 0 aliphatic heterocycles. The fourth-order valence-electron chi connectivity index (χ4n) is 1.43. The van der Waals surface area contributed by atoms with Gasteiger partial charge in [0.15, 0.2) is 5.96 Å². The molecule has 8 heteroatoms. The molecule has 0 aromatic rings. The lowest BCUT2D eigenvalue weighted by molar-refractivity contribution is 0.579. The third-order valence-corrected chi connectivity index (χ3v) is 4.05. The molecule has 0 unspecified atom stereocenters. The van der Waals surface area contributed by atoms with Crippen LogP contribution in [0.1, 0.15) is 39.5 Å². The Labute approximate surface area is 140 Å². The molecule has 0 atom stereocenters. The van der Waals surface area contributed by atoms with Crippen molar-refractivity contribution in [3.8, 4) is 0 Å². The minimum Gasteiger partial charge on any atom is -0.356 e. The van der Waals surface area contributed by atoms with E-state index in [1.807, 2.05) is 0 Å². The van der Waals surface area contributed by atoms with Crippen molar-refractivity contribution in [3.05, 3.63) is 0 Å². The molecule has 0 spiro atoms. The first kappa shape index (κ1) is 22.2. The van der Waals surface area contributed by atoms with E-state index in [1.165, 1.54) is 12.8 Å². The van der Waals surface area contributed by atoms with Gasteiger partial charge in [-0.2, -0.15) is 0 Å². The van der Waals surface area contributed by atoms with E-state index in [-0.39, 0.29) is 29.7 Å². The third-order valence-electron chi connectivity index (χ3n) is 2.64. The Bertz CT molecular complexity index is 347. The van der Waals surface area contributed by atoms with Crippen LogP contribution in [0.25, 0.3) is 0 Å². The van der Waals surface area contributed by atoms with Gasteiger partial charge in [0.1, 0.15) is 0 Å². The predicted octanol–water partition coefficient (Wildman–Crippen LogP) is 1.29. The molecular formula is C12H29IN4O2S. The maximum Gasteiger partial charge on any atom is 0.211 e. The van der Waals surface area contributed by atoms with Crippen molar-refractivity contribution in [1.29, 1.82) is 0 Å². The molecule has 0 saturated carbocycles. The highest BCUT2D eigenvalue weighted by molar-refractivity contribution is 14.0. The first-order chi connectivity index (χ1) is 9.05. The lowest BCUT2D eigenvalue weighted by atomic mass is 10.2. The van der Waals surface area contributed by atoms with Crippen molar-refractivity contribution in [3.63, 3.8) is 0 Å². The molecule has 0 aromatic carbocycles. The Morgan fingerprint density at radius 2 is 1.60 bits per heavy atom. The zero-order chi connectivity index (χ0) is 14.6. The fourth-order valence-corrected chi connectivity index (χ4v) is 2.09. The second kappa shape index (κ2) is 13.9. The highest BCUT2D eigenvalue weighted by Crippen LogP contribution is 1.90. The van der Waals surface area contributed by atoms with E-state index in [2.05, 4.69) is 27.3 Å². The number of sulfonamides is 1. The van der Waals surface area contributed by atoms with E-state index in [0.29, 0.717) is 13.1 Å². The van der Waals surface area contributed by atoms with Crippen LogP contribution in [-0.2, 0) is 10.0 Å². The minimum absolute atomic E-state index is 0. The van der Waals surface area contributed by atoms with Crippen molar-refractivity contribution >= 4 is 40.0 Å². The Balaban J connectivity index is 0. The third kappa shape index (κ3) is 12.9. The summed E-state index contributed by atoms with van der Waals surface area (Å²) in [4.78, 5) is 4.10. The summed E-state index contributed by atoms with van der Waals surface area (Å²) in [5.41, 5.74) is 0. The molecule has 0 aliphatic rings. The van der Waals surface area contributed by atoms with Crippen LogP contribution >= 0.6 is 24.0 Å². The zero-order valence-electron chi connectivity index (χ0n) is 12.7. The van der Waals surface area contributed by atoms with Gasteiger partial charge in [-0.1, -0.05) is 19.8 Å². The number of unbranched alkanes of at least 4 members (excludes halogenated alkanes) is 2. The summed E-state index contributed by atoms with van der Waals surface area (Å²) in [6, 6.07) is 0. The Morgan fingerprint density at radius 1 is 1.00 bits per heavy atom. The first-order valence-electron chi connectivity index (χ1n) is 6.97. The van der Waals surface area contributed by atoms with Gasteiger partial charge in [0.25, 0.3) is 0 Å². The lowest BCUT2D eigenvalue weighted by Crippen LogP contribution is -2.39. The molecular weight excluding hydrogens is 391 g/mol. The van der Waals surface area contributed by atoms with Gasteiger partial charge in [-0.3, -0.25) is 4.99 Å². The van der Waals surface area contributed by atoms with Crippen molar-refractivity contribution in [2.75, 3.05) is 32.4 Å². The van der Waals surface area contributed by atoms with Crippen molar-refractivity contribution in [2.45, 2.75) is 39.5 Å². The van der Waals surface area contributed by atoms with Gasteiger partial charge >= 0.3 is 0 Å². The van der Waals surface area contributed by atoms with Gasteiger partial charge in [-0.15, -0.1) is 24.0 Å². The summed E-state index contributed by atoms with van der Waals surface area (Å²) in [5.74, 6) is 0.899. The van der Waals surface area contributed by atoms with Crippen molar-refractivity contribution < 1.29 is 8.42 Å². The summed E-state index contributed by atoms with van der Waals surface area (Å²) in [6.07, 6.45) is 4.27. The molecule has 20 heavy (non-hydrogen) atoms. The van der Waals surface area contributed by atoms with Crippen LogP contribution in [0.3, 0.4) is 0 Å². The maximum absolute atomic E-state index is 11.2. The minimum atomic E-state index is -3.07. The number of aliphatic imine (C=N–C) groups is 1.